The number of carbonyl (C=O) groups excluding carboxylic acids is 4. The number of hydrogen-bond donors (Lipinski definition) is 0. The topological polar surface area (TPSA) is 93.2 Å². The number of ether oxygens (including phenoxy) is 2. The zero-order valence-corrected chi connectivity index (χ0v) is 22.0. The Labute approximate surface area is 220 Å². The summed E-state index contributed by atoms with van der Waals surface area (Å²) in [7, 11) is 0. The van der Waals surface area contributed by atoms with Gasteiger partial charge in [-0.15, -0.1) is 0 Å². The molecular formula is C25H23IN2O6S. The van der Waals surface area contributed by atoms with Crippen molar-refractivity contribution in [3.63, 3.8) is 0 Å². The van der Waals surface area contributed by atoms with E-state index < -0.39 is 17.1 Å². The third-order valence-corrected chi connectivity index (χ3v) is 7.34. The molecular weight excluding hydrogens is 583 g/mol. The van der Waals surface area contributed by atoms with Crippen LogP contribution in [0.4, 0.5) is 4.79 Å². The molecule has 0 atom stereocenters. The Hall–Kier alpha value is -2.86. The van der Waals surface area contributed by atoms with Gasteiger partial charge < -0.3 is 14.4 Å². The first-order chi connectivity index (χ1) is 16.9. The SMILES string of the molecule is CCOc1cc(/C=C2\SC(=O)N(CC(=O)N3CCCC3)C2=O)ccc1OC(=O)c1ccccc1I. The average Bonchev–Trinajstić information content (AvgIpc) is 3.46. The molecule has 0 aromatic heterocycles. The van der Waals surface area contributed by atoms with Crippen molar-refractivity contribution in [2.45, 2.75) is 19.8 Å². The van der Waals surface area contributed by atoms with Crippen LogP contribution in [0.2, 0.25) is 0 Å². The number of thioether (sulfide) groups is 1. The van der Waals surface area contributed by atoms with E-state index >= 15 is 0 Å². The van der Waals surface area contributed by atoms with Crippen LogP contribution in [0.15, 0.2) is 47.4 Å². The average molecular weight is 606 g/mol. The molecule has 0 bridgehead atoms. The minimum absolute atomic E-state index is 0.218. The summed E-state index contributed by atoms with van der Waals surface area (Å²) in [6.45, 7) is 3.21. The molecule has 4 rings (SSSR count). The van der Waals surface area contributed by atoms with E-state index in [2.05, 4.69) is 22.6 Å². The molecule has 0 saturated carbocycles. The molecule has 8 nitrogen and oxygen atoms in total. The fourth-order valence-electron chi connectivity index (χ4n) is 3.74. The lowest BCUT2D eigenvalue weighted by Crippen LogP contribution is -2.40. The van der Waals surface area contributed by atoms with Crippen molar-refractivity contribution < 1.29 is 28.7 Å². The van der Waals surface area contributed by atoms with Gasteiger partial charge in [-0.3, -0.25) is 19.3 Å². The van der Waals surface area contributed by atoms with E-state index in [-0.39, 0.29) is 23.1 Å². The Kier molecular flexibility index (Phi) is 8.11. The van der Waals surface area contributed by atoms with Crippen LogP contribution in [-0.4, -0.2) is 59.1 Å². The molecule has 0 radical (unpaired) electrons. The predicted octanol–water partition coefficient (Wildman–Crippen LogP) is 4.57. The van der Waals surface area contributed by atoms with Gasteiger partial charge in [0.05, 0.1) is 17.1 Å². The number of hydrogen-bond acceptors (Lipinski definition) is 7. The van der Waals surface area contributed by atoms with Gasteiger partial charge in [-0.1, -0.05) is 18.2 Å². The lowest BCUT2D eigenvalue weighted by Gasteiger charge is -2.18. The molecule has 0 N–H and O–H groups in total. The number of carbonyl (C=O) groups is 4. The Morgan fingerprint density at radius 3 is 2.54 bits per heavy atom. The second-order valence-electron chi connectivity index (χ2n) is 7.86. The van der Waals surface area contributed by atoms with Crippen LogP contribution in [0.1, 0.15) is 35.7 Å². The first-order valence-corrected chi connectivity index (χ1v) is 13.0. The predicted molar refractivity (Wildman–Crippen MR) is 140 cm³/mol. The van der Waals surface area contributed by atoms with Crippen LogP contribution >= 0.6 is 34.4 Å². The van der Waals surface area contributed by atoms with Gasteiger partial charge >= 0.3 is 5.97 Å². The van der Waals surface area contributed by atoms with E-state index in [0.717, 1.165) is 33.1 Å². The number of amides is 3. The van der Waals surface area contributed by atoms with Gasteiger partial charge in [0, 0.05) is 16.7 Å². The summed E-state index contributed by atoms with van der Waals surface area (Å²) in [5, 5.41) is -0.471. The summed E-state index contributed by atoms with van der Waals surface area (Å²) in [6.07, 6.45) is 3.44. The van der Waals surface area contributed by atoms with E-state index in [9.17, 15) is 19.2 Å². The summed E-state index contributed by atoms with van der Waals surface area (Å²) in [6, 6.07) is 12.0. The molecule has 2 fully saturated rings. The third kappa shape index (κ3) is 5.87. The lowest BCUT2D eigenvalue weighted by molar-refractivity contribution is -0.135. The van der Waals surface area contributed by atoms with Crippen molar-refractivity contribution >= 4 is 63.5 Å². The minimum atomic E-state index is -0.507. The number of nitrogens with zero attached hydrogens (tertiary/aromatic N) is 2. The summed E-state index contributed by atoms with van der Waals surface area (Å²) in [5.74, 6) is -0.641. The number of imide groups is 1. The summed E-state index contributed by atoms with van der Waals surface area (Å²) in [4.78, 5) is 53.2. The molecule has 3 amide bonds. The summed E-state index contributed by atoms with van der Waals surface area (Å²) in [5.41, 5.74) is 1.04. The molecule has 2 aromatic rings. The van der Waals surface area contributed by atoms with Crippen molar-refractivity contribution in [2.75, 3.05) is 26.2 Å². The second-order valence-corrected chi connectivity index (χ2v) is 10.0. The molecule has 35 heavy (non-hydrogen) atoms. The van der Waals surface area contributed by atoms with Gasteiger partial charge in [-0.05, 0) is 90.0 Å². The maximum atomic E-state index is 12.8. The van der Waals surface area contributed by atoms with E-state index in [1.54, 1.807) is 48.2 Å². The molecule has 2 aromatic carbocycles. The van der Waals surface area contributed by atoms with Crippen LogP contribution in [0.3, 0.4) is 0 Å². The number of benzene rings is 2. The normalized spacial score (nSPS) is 16.8. The van der Waals surface area contributed by atoms with Crippen LogP contribution < -0.4 is 9.47 Å². The van der Waals surface area contributed by atoms with E-state index in [0.29, 0.717) is 36.6 Å². The Morgan fingerprint density at radius 2 is 1.83 bits per heavy atom. The molecule has 2 aliphatic rings. The maximum Gasteiger partial charge on any atom is 0.344 e. The smallest absolute Gasteiger partial charge is 0.344 e. The van der Waals surface area contributed by atoms with Crippen LogP contribution in [-0.2, 0) is 9.59 Å². The monoisotopic (exact) mass is 606 g/mol. The van der Waals surface area contributed by atoms with Crippen molar-refractivity contribution in [2.24, 2.45) is 0 Å². The van der Waals surface area contributed by atoms with E-state index in [4.69, 9.17) is 9.47 Å². The Balaban J connectivity index is 1.51. The van der Waals surface area contributed by atoms with Crippen molar-refractivity contribution in [3.05, 3.63) is 62.1 Å². The zero-order valence-electron chi connectivity index (χ0n) is 19.0. The minimum Gasteiger partial charge on any atom is -0.490 e. The Morgan fingerprint density at radius 1 is 1.09 bits per heavy atom. The number of rotatable bonds is 7. The molecule has 0 unspecified atom stereocenters. The molecule has 2 aliphatic heterocycles. The van der Waals surface area contributed by atoms with Crippen LogP contribution in [0.5, 0.6) is 11.5 Å². The molecule has 2 heterocycles. The van der Waals surface area contributed by atoms with Gasteiger partial charge in [-0.2, -0.15) is 0 Å². The van der Waals surface area contributed by atoms with Crippen molar-refractivity contribution in [1.29, 1.82) is 0 Å². The maximum absolute atomic E-state index is 12.8. The second kappa shape index (κ2) is 11.3. The fourth-order valence-corrected chi connectivity index (χ4v) is 5.18. The fraction of sp³-hybridized carbons (Fsp3) is 0.280. The van der Waals surface area contributed by atoms with Crippen molar-refractivity contribution in [3.8, 4) is 11.5 Å². The van der Waals surface area contributed by atoms with Crippen molar-refractivity contribution in [1.82, 2.24) is 9.80 Å². The number of likely N-dealkylation sites (tertiary alicyclic amines) is 1. The van der Waals surface area contributed by atoms with Gasteiger partial charge in [0.25, 0.3) is 11.1 Å². The third-order valence-electron chi connectivity index (χ3n) is 5.49. The van der Waals surface area contributed by atoms with E-state index in [1.807, 2.05) is 12.1 Å². The quantitative estimate of drug-likeness (QED) is 0.197. The highest BCUT2D eigenvalue weighted by molar-refractivity contribution is 14.1. The number of halogens is 1. The van der Waals surface area contributed by atoms with E-state index in [1.165, 1.54) is 0 Å². The number of esters is 1. The molecule has 10 heteroatoms. The van der Waals surface area contributed by atoms with Crippen LogP contribution in [0.25, 0.3) is 6.08 Å². The zero-order chi connectivity index (χ0) is 24.9. The standard InChI is InChI=1S/C25H23IN2O6S/c1-2-33-20-13-16(9-10-19(20)34-24(31)17-7-3-4-8-18(17)26)14-21-23(30)28(25(32)35-21)15-22(29)27-11-5-6-12-27/h3-4,7-10,13-14H,2,5-6,11-12,15H2,1H3/b21-14-. The highest BCUT2D eigenvalue weighted by atomic mass is 127. The van der Waals surface area contributed by atoms with Gasteiger partial charge in [0.1, 0.15) is 6.54 Å². The van der Waals surface area contributed by atoms with Gasteiger partial charge in [0.15, 0.2) is 11.5 Å². The Bertz CT molecular complexity index is 1210. The van der Waals surface area contributed by atoms with Gasteiger partial charge in [-0.25, -0.2) is 4.79 Å². The molecule has 0 spiro atoms. The molecule has 2 saturated heterocycles. The van der Waals surface area contributed by atoms with Crippen LogP contribution in [0, 0.1) is 3.57 Å². The first-order valence-electron chi connectivity index (χ1n) is 11.1. The highest BCUT2D eigenvalue weighted by Gasteiger charge is 2.37. The van der Waals surface area contributed by atoms with Gasteiger partial charge in [0.2, 0.25) is 5.91 Å². The highest BCUT2D eigenvalue weighted by Crippen LogP contribution is 2.35. The summed E-state index contributed by atoms with van der Waals surface area (Å²) >= 11 is 2.86. The largest absolute Gasteiger partial charge is 0.490 e. The lowest BCUT2D eigenvalue weighted by atomic mass is 10.1. The molecule has 182 valence electrons. The summed E-state index contributed by atoms with van der Waals surface area (Å²) < 4.78 is 12.0. The molecule has 0 aliphatic carbocycles. The first kappa shape index (κ1) is 25.2.